The zero-order valence-corrected chi connectivity index (χ0v) is 21.0. The van der Waals surface area contributed by atoms with Crippen LogP contribution in [0.25, 0.3) is 22.3 Å². The second kappa shape index (κ2) is 11.8. The van der Waals surface area contributed by atoms with Crippen molar-refractivity contribution in [3.8, 4) is 34.3 Å². The molecular formula is C26H28O12. The molecule has 4 N–H and O–H groups in total. The van der Waals surface area contributed by atoms with Crippen LogP contribution in [0.2, 0.25) is 0 Å². The molecule has 0 saturated carbocycles. The zero-order valence-electron chi connectivity index (χ0n) is 21.0. The van der Waals surface area contributed by atoms with E-state index in [9.17, 15) is 34.8 Å². The van der Waals surface area contributed by atoms with Crippen molar-refractivity contribution in [1.82, 2.24) is 0 Å². The lowest BCUT2D eigenvalue weighted by atomic mass is 10.1. The minimum absolute atomic E-state index is 0.0248. The van der Waals surface area contributed by atoms with Gasteiger partial charge in [0.1, 0.15) is 34.3 Å². The summed E-state index contributed by atoms with van der Waals surface area (Å²) in [7, 11) is 0. The number of phenolic OH excluding ortho intramolecular Hbond substituents is 3. The van der Waals surface area contributed by atoms with Crippen LogP contribution in [0.5, 0.6) is 23.0 Å². The first-order valence-electron chi connectivity index (χ1n) is 11.6. The molecule has 12 heteroatoms. The molecule has 4 unspecified atom stereocenters. The number of carbonyl (C=O) groups is 2. The summed E-state index contributed by atoms with van der Waals surface area (Å²) in [5.74, 6) is -3.19. The molecule has 0 radical (unpaired) electrons. The minimum atomic E-state index is -1.77. The summed E-state index contributed by atoms with van der Waals surface area (Å²) in [6, 6.07) is 7.56. The van der Waals surface area contributed by atoms with E-state index in [0.29, 0.717) is 0 Å². The Kier molecular flexibility index (Phi) is 8.81. The van der Waals surface area contributed by atoms with Crippen molar-refractivity contribution in [3.63, 3.8) is 0 Å². The lowest BCUT2D eigenvalue weighted by molar-refractivity contribution is -0.207. The lowest BCUT2D eigenvalue weighted by Gasteiger charge is -2.32. The third kappa shape index (κ3) is 6.33. The van der Waals surface area contributed by atoms with Crippen LogP contribution in [0.1, 0.15) is 27.7 Å². The third-order valence-electron chi connectivity index (χ3n) is 5.34. The zero-order chi connectivity index (χ0) is 28.1. The van der Waals surface area contributed by atoms with Crippen LogP contribution in [-0.4, -0.2) is 63.6 Å². The fourth-order valence-corrected chi connectivity index (χ4v) is 3.78. The molecule has 0 aliphatic rings. The summed E-state index contributed by atoms with van der Waals surface area (Å²) in [4.78, 5) is 36.8. The fraction of sp³-hybridized carbons (Fsp3) is 0.346. The van der Waals surface area contributed by atoms with Crippen molar-refractivity contribution < 1.29 is 53.4 Å². The van der Waals surface area contributed by atoms with Crippen LogP contribution in [-0.2, 0) is 23.8 Å². The maximum Gasteiger partial charge on any atom is 0.303 e. The molecule has 0 aliphatic carbocycles. The number of aliphatic hydroxyl groups excluding tert-OH is 1. The molecule has 4 atom stereocenters. The van der Waals surface area contributed by atoms with Gasteiger partial charge in [-0.05, 0) is 38.1 Å². The smallest absolute Gasteiger partial charge is 0.303 e. The Morgan fingerprint density at radius 3 is 2.18 bits per heavy atom. The van der Waals surface area contributed by atoms with E-state index in [-0.39, 0.29) is 40.4 Å². The first kappa shape index (κ1) is 28.3. The molecule has 3 aromatic rings. The summed E-state index contributed by atoms with van der Waals surface area (Å²) < 4.78 is 27.4. The van der Waals surface area contributed by atoms with Crippen LogP contribution in [0, 0.1) is 0 Å². The first-order valence-corrected chi connectivity index (χ1v) is 11.6. The number of aliphatic hydroxyl groups is 1. The van der Waals surface area contributed by atoms with Gasteiger partial charge >= 0.3 is 11.9 Å². The SMILES string of the molecule is CCOC(Oc1c(-c2ccc(O)cc2)oc2cc(O)cc(O)c2c1=O)C(O)C(OC(C)=O)C(C)OC(C)=O. The molecule has 1 aromatic heterocycles. The summed E-state index contributed by atoms with van der Waals surface area (Å²) in [5, 5.41) is 40.7. The van der Waals surface area contributed by atoms with Crippen molar-refractivity contribution in [2.75, 3.05) is 6.61 Å². The van der Waals surface area contributed by atoms with E-state index in [0.717, 1.165) is 26.0 Å². The second-order valence-corrected chi connectivity index (χ2v) is 8.30. The topological polar surface area (TPSA) is 182 Å². The summed E-state index contributed by atoms with van der Waals surface area (Å²) in [6.45, 7) is 5.17. The molecule has 0 amide bonds. The summed E-state index contributed by atoms with van der Waals surface area (Å²) >= 11 is 0. The van der Waals surface area contributed by atoms with E-state index in [1.165, 1.54) is 31.2 Å². The Hall–Kier alpha value is -4.29. The highest BCUT2D eigenvalue weighted by Gasteiger charge is 2.39. The van der Waals surface area contributed by atoms with Crippen LogP contribution >= 0.6 is 0 Å². The Balaban J connectivity index is 2.17. The van der Waals surface area contributed by atoms with Crippen molar-refractivity contribution >= 4 is 22.9 Å². The molecule has 2 aromatic carbocycles. The maximum absolute atomic E-state index is 13.5. The number of ether oxygens (including phenoxy) is 4. The highest BCUT2D eigenvalue weighted by Crippen LogP contribution is 2.37. The van der Waals surface area contributed by atoms with Crippen LogP contribution < -0.4 is 10.2 Å². The number of fused-ring (bicyclic) bond motifs is 1. The van der Waals surface area contributed by atoms with E-state index in [1.807, 2.05) is 0 Å². The van der Waals surface area contributed by atoms with E-state index >= 15 is 0 Å². The molecule has 0 bridgehead atoms. The maximum atomic E-state index is 13.5. The van der Waals surface area contributed by atoms with Gasteiger partial charge in [0.15, 0.2) is 18.0 Å². The number of aromatic hydroxyl groups is 3. The second-order valence-electron chi connectivity index (χ2n) is 8.30. The van der Waals surface area contributed by atoms with Gasteiger partial charge in [-0.15, -0.1) is 0 Å². The van der Waals surface area contributed by atoms with Gasteiger partial charge in [-0.1, -0.05) is 0 Å². The Labute approximate surface area is 216 Å². The van der Waals surface area contributed by atoms with Gasteiger partial charge < -0.3 is 43.8 Å². The van der Waals surface area contributed by atoms with Crippen LogP contribution in [0.3, 0.4) is 0 Å². The molecule has 0 spiro atoms. The molecular weight excluding hydrogens is 504 g/mol. The van der Waals surface area contributed by atoms with Crippen molar-refractivity contribution in [3.05, 3.63) is 46.6 Å². The number of hydrogen-bond donors (Lipinski definition) is 4. The number of esters is 2. The largest absolute Gasteiger partial charge is 0.508 e. The highest BCUT2D eigenvalue weighted by atomic mass is 16.7. The average Bonchev–Trinajstić information content (AvgIpc) is 2.82. The minimum Gasteiger partial charge on any atom is -0.508 e. The number of hydrogen-bond acceptors (Lipinski definition) is 12. The van der Waals surface area contributed by atoms with Crippen molar-refractivity contribution in [2.24, 2.45) is 0 Å². The van der Waals surface area contributed by atoms with E-state index < -0.39 is 53.5 Å². The standard InChI is InChI=1S/C26H28O12/c1-5-34-26(22(33)23(36-14(4)28)12(2)35-13(3)27)38-25-21(32)20-18(31)10-17(30)11-19(20)37-24(25)15-6-8-16(29)9-7-15/h6-12,22-23,26,29-31,33H,5H2,1-4H3. The Bertz CT molecular complexity index is 1360. The Morgan fingerprint density at radius 2 is 1.61 bits per heavy atom. The van der Waals surface area contributed by atoms with Gasteiger partial charge in [0.05, 0.1) is 0 Å². The summed E-state index contributed by atoms with van der Waals surface area (Å²) in [5.41, 5.74) is -0.785. The van der Waals surface area contributed by atoms with Crippen molar-refractivity contribution in [1.29, 1.82) is 0 Å². The molecule has 3 rings (SSSR count). The number of carbonyl (C=O) groups excluding carboxylic acids is 2. The van der Waals surface area contributed by atoms with Gasteiger partial charge in [-0.3, -0.25) is 14.4 Å². The predicted molar refractivity (Wildman–Crippen MR) is 132 cm³/mol. The van der Waals surface area contributed by atoms with Crippen LogP contribution in [0.4, 0.5) is 0 Å². The Morgan fingerprint density at radius 1 is 0.974 bits per heavy atom. The molecule has 204 valence electrons. The molecule has 0 aliphatic heterocycles. The first-order chi connectivity index (χ1) is 17.9. The van der Waals surface area contributed by atoms with Crippen molar-refractivity contribution in [2.45, 2.75) is 52.3 Å². The van der Waals surface area contributed by atoms with E-state index in [2.05, 4.69) is 0 Å². The molecule has 38 heavy (non-hydrogen) atoms. The van der Waals surface area contributed by atoms with Gasteiger partial charge in [0.2, 0.25) is 17.5 Å². The van der Waals surface area contributed by atoms with Crippen LogP contribution in [0.15, 0.2) is 45.6 Å². The molecule has 1 heterocycles. The van der Waals surface area contributed by atoms with Gasteiger partial charge in [0.25, 0.3) is 0 Å². The molecule has 12 nitrogen and oxygen atoms in total. The predicted octanol–water partition coefficient (Wildman–Crippen LogP) is 2.56. The third-order valence-corrected chi connectivity index (χ3v) is 5.34. The quantitative estimate of drug-likeness (QED) is 0.221. The summed E-state index contributed by atoms with van der Waals surface area (Å²) in [6.07, 6.45) is -6.01. The average molecular weight is 532 g/mol. The number of phenols is 3. The van der Waals surface area contributed by atoms with Gasteiger partial charge in [-0.25, -0.2) is 0 Å². The van der Waals surface area contributed by atoms with Gasteiger partial charge in [0, 0.05) is 38.2 Å². The monoisotopic (exact) mass is 532 g/mol. The van der Waals surface area contributed by atoms with Gasteiger partial charge in [-0.2, -0.15) is 0 Å². The van der Waals surface area contributed by atoms with E-state index in [1.54, 1.807) is 6.92 Å². The molecule has 0 fully saturated rings. The lowest BCUT2D eigenvalue weighted by Crippen LogP contribution is -2.50. The fourth-order valence-electron chi connectivity index (χ4n) is 3.78. The molecule has 0 saturated heterocycles. The van der Waals surface area contributed by atoms with E-state index in [4.69, 9.17) is 23.4 Å². The normalized spacial score (nSPS) is 14.3. The highest BCUT2D eigenvalue weighted by molar-refractivity contribution is 5.88. The number of rotatable bonds is 10. The number of benzene rings is 2.